The van der Waals surface area contributed by atoms with Crippen molar-refractivity contribution in [1.29, 1.82) is 0 Å². The number of rotatable bonds is 6. The standard InChI is InChI=1S/C13H19N3O3.C12H6F3NO/c1-15-11-7-16-3-2-10(11)12-5-8(17)4-9(19-12)6-13(14)18;13-8-2-1-3-9(14)11(8)12-10(15)5-4-7(6-17)16-12/h2-3,7-9,12,15,17H,4-6H2,1H3,(H2,14,18);1-6H/t8?,9-,12?;/m0./s1. The average molecular weight is 502 g/mol. The highest BCUT2D eigenvalue weighted by Crippen LogP contribution is 2.35. The summed E-state index contributed by atoms with van der Waals surface area (Å²) in [5.74, 6) is -3.17. The van der Waals surface area contributed by atoms with Crippen molar-refractivity contribution >= 4 is 17.9 Å². The van der Waals surface area contributed by atoms with Crippen LogP contribution in [0.4, 0.5) is 18.9 Å². The molecule has 3 atom stereocenters. The Morgan fingerprint density at radius 1 is 1.17 bits per heavy atom. The molecule has 0 spiro atoms. The van der Waals surface area contributed by atoms with Crippen molar-refractivity contribution in [3.05, 3.63) is 77.5 Å². The molecule has 0 radical (unpaired) electrons. The summed E-state index contributed by atoms with van der Waals surface area (Å²) in [6.07, 6.45) is 3.79. The molecule has 190 valence electrons. The molecule has 1 aromatic carbocycles. The summed E-state index contributed by atoms with van der Waals surface area (Å²) in [4.78, 5) is 29.1. The van der Waals surface area contributed by atoms with Crippen molar-refractivity contribution in [2.45, 2.75) is 37.6 Å². The lowest BCUT2D eigenvalue weighted by Crippen LogP contribution is -2.34. The van der Waals surface area contributed by atoms with Gasteiger partial charge in [0, 0.05) is 31.6 Å². The first-order valence-electron chi connectivity index (χ1n) is 11.0. The third kappa shape index (κ3) is 6.64. The van der Waals surface area contributed by atoms with Crippen molar-refractivity contribution in [3.8, 4) is 11.3 Å². The Labute approximate surface area is 205 Å². The van der Waals surface area contributed by atoms with E-state index in [4.69, 9.17) is 10.5 Å². The lowest BCUT2D eigenvalue weighted by Gasteiger charge is -2.33. The zero-order chi connectivity index (χ0) is 26.2. The molecule has 1 amide bonds. The number of amides is 1. The summed E-state index contributed by atoms with van der Waals surface area (Å²) < 4.78 is 46.1. The van der Waals surface area contributed by atoms with Gasteiger partial charge >= 0.3 is 0 Å². The van der Waals surface area contributed by atoms with Crippen LogP contribution < -0.4 is 11.1 Å². The summed E-state index contributed by atoms with van der Waals surface area (Å²) in [6.45, 7) is 0. The van der Waals surface area contributed by atoms with Crippen LogP contribution in [0.1, 0.15) is 41.4 Å². The molecule has 11 heteroatoms. The van der Waals surface area contributed by atoms with Crippen molar-refractivity contribution in [3.63, 3.8) is 0 Å². The average Bonchev–Trinajstić information content (AvgIpc) is 2.84. The van der Waals surface area contributed by atoms with E-state index in [1.807, 2.05) is 6.07 Å². The van der Waals surface area contributed by atoms with E-state index in [1.165, 1.54) is 0 Å². The van der Waals surface area contributed by atoms with Crippen LogP contribution >= 0.6 is 0 Å². The Morgan fingerprint density at radius 3 is 2.53 bits per heavy atom. The van der Waals surface area contributed by atoms with Gasteiger partial charge < -0.3 is 20.9 Å². The van der Waals surface area contributed by atoms with E-state index in [-0.39, 0.29) is 24.3 Å². The number of carbonyl (C=O) groups is 2. The molecule has 1 fully saturated rings. The van der Waals surface area contributed by atoms with Gasteiger partial charge in [-0.25, -0.2) is 18.2 Å². The second-order valence-corrected chi connectivity index (χ2v) is 8.04. The van der Waals surface area contributed by atoms with Crippen molar-refractivity contribution in [1.82, 2.24) is 9.97 Å². The zero-order valence-electron chi connectivity index (χ0n) is 19.3. The molecule has 1 aliphatic heterocycles. The monoisotopic (exact) mass is 502 g/mol. The quantitative estimate of drug-likeness (QED) is 0.440. The number of nitrogens with zero attached hydrogens (tertiary/aromatic N) is 2. The fraction of sp³-hybridized carbons (Fsp3) is 0.280. The lowest BCUT2D eigenvalue weighted by atomic mass is 9.94. The maximum atomic E-state index is 13.4. The number of hydrogen-bond donors (Lipinski definition) is 3. The molecule has 1 saturated heterocycles. The van der Waals surface area contributed by atoms with Gasteiger partial charge in [0.15, 0.2) is 6.29 Å². The van der Waals surface area contributed by atoms with E-state index in [1.54, 1.807) is 19.4 Å². The van der Waals surface area contributed by atoms with Crippen LogP contribution in [0.15, 0.2) is 48.8 Å². The molecule has 8 nitrogen and oxygen atoms in total. The minimum absolute atomic E-state index is 0.0935. The fourth-order valence-electron chi connectivity index (χ4n) is 3.86. The molecule has 36 heavy (non-hydrogen) atoms. The first-order chi connectivity index (χ1) is 17.2. The van der Waals surface area contributed by atoms with Crippen LogP contribution in [-0.2, 0) is 9.53 Å². The van der Waals surface area contributed by atoms with Gasteiger partial charge in [-0.2, -0.15) is 0 Å². The molecule has 2 aromatic heterocycles. The third-order valence-corrected chi connectivity index (χ3v) is 5.47. The summed E-state index contributed by atoms with van der Waals surface area (Å²) in [6, 6.07) is 7.08. The maximum absolute atomic E-state index is 13.4. The number of anilines is 1. The second-order valence-electron chi connectivity index (χ2n) is 8.04. The molecular formula is C25H25F3N4O4. The molecular weight excluding hydrogens is 477 g/mol. The number of benzene rings is 1. The van der Waals surface area contributed by atoms with Gasteiger partial charge in [0.05, 0.1) is 42.2 Å². The van der Waals surface area contributed by atoms with Crippen LogP contribution in [0.5, 0.6) is 0 Å². The summed E-state index contributed by atoms with van der Waals surface area (Å²) in [7, 11) is 1.81. The number of nitrogens with two attached hydrogens (primary N) is 1. The number of ether oxygens (including phenoxy) is 1. The number of primary amides is 1. The van der Waals surface area contributed by atoms with Gasteiger partial charge in [-0.15, -0.1) is 0 Å². The maximum Gasteiger partial charge on any atom is 0.220 e. The summed E-state index contributed by atoms with van der Waals surface area (Å²) in [5.41, 5.74) is 5.80. The van der Waals surface area contributed by atoms with Crippen molar-refractivity contribution in [2.75, 3.05) is 12.4 Å². The highest BCUT2D eigenvalue weighted by atomic mass is 19.1. The molecule has 4 rings (SSSR count). The molecule has 3 heterocycles. The van der Waals surface area contributed by atoms with E-state index in [0.29, 0.717) is 19.1 Å². The Hall–Kier alpha value is -3.83. The first-order valence-corrected chi connectivity index (χ1v) is 11.0. The van der Waals surface area contributed by atoms with E-state index in [2.05, 4.69) is 15.3 Å². The number of aliphatic hydroxyl groups excluding tert-OH is 1. The third-order valence-electron chi connectivity index (χ3n) is 5.47. The van der Waals surface area contributed by atoms with Gasteiger partial charge in [0.25, 0.3) is 0 Å². The Kier molecular flexibility index (Phi) is 9.09. The van der Waals surface area contributed by atoms with Crippen LogP contribution in [0.3, 0.4) is 0 Å². The number of carbonyl (C=O) groups excluding carboxylic acids is 2. The molecule has 4 N–H and O–H groups in total. The molecule has 3 aromatic rings. The lowest BCUT2D eigenvalue weighted by molar-refractivity contribution is -0.130. The van der Waals surface area contributed by atoms with Gasteiger partial charge in [-0.05, 0) is 30.3 Å². The number of halogens is 3. The molecule has 0 saturated carbocycles. The fourth-order valence-corrected chi connectivity index (χ4v) is 3.86. The molecule has 0 aliphatic carbocycles. The van der Waals surface area contributed by atoms with Crippen molar-refractivity contribution in [2.24, 2.45) is 5.73 Å². The first kappa shape index (κ1) is 26.8. The van der Waals surface area contributed by atoms with Crippen LogP contribution in [0.2, 0.25) is 0 Å². The Bertz CT molecular complexity index is 1210. The predicted molar refractivity (Wildman–Crippen MR) is 125 cm³/mol. The number of aldehydes is 1. The topological polar surface area (TPSA) is 127 Å². The van der Waals surface area contributed by atoms with E-state index < -0.39 is 40.7 Å². The second kappa shape index (κ2) is 12.2. The predicted octanol–water partition coefficient (Wildman–Crippen LogP) is 3.56. The van der Waals surface area contributed by atoms with E-state index in [0.717, 1.165) is 41.6 Å². The molecule has 0 bridgehead atoms. The number of pyridine rings is 2. The van der Waals surface area contributed by atoms with E-state index >= 15 is 0 Å². The normalized spacial score (nSPS) is 19.1. The van der Waals surface area contributed by atoms with Gasteiger partial charge in [0.1, 0.15) is 28.8 Å². The Morgan fingerprint density at radius 2 is 1.89 bits per heavy atom. The highest BCUT2D eigenvalue weighted by Gasteiger charge is 2.31. The number of aromatic nitrogens is 2. The molecule has 2 unspecified atom stereocenters. The highest BCUT2D eigenvalue weighted by molar-refractivity contribution is 5.74. The number of hydrogen-bond acceptors (Lipinski definition) is 7. The van der Waals surface area contributed by atoms with Crippen LogP contribution in [0.25, 0.3) is 11.3 Å². The smallest absolute Gasteiger partial charge is 0.220 e. The van der Waals surface area contributed by atoms with Crippen molar-refractivity contribution < 1.29 is 32.6 Å². The van der Waals surface area contributed by atoms with Crippen LogP contribution in [0, 0.1) is 17.5 Å². The summed E-state index contributed by atoms with van der Waals surface area (Å²) >= 11 is 0. The number of nitrogens with one attached hydrogen (secondary N) is 1. The summed E-state index contributed by atoms with van der Waals surface area (Å²) in [5, 5.41) is 13.0. The van der Waals surface area contributed by atoms with Gasteiger partial charge in [-0.3, -0.25) is 14.6 Å². The largest absolute Gasteiger partial charge is 0.393 e. The minimum atomic E-state index is -0.931. The minimum Gasteiger partial charge on any atom is -0.393 e. The van der Waals surface area contributed by atoms with Gasteiger partial charge in [0.2, 0.25) is 5.91 Å². The SMILES string of the molecule is CNc1cnccc1C1CC(O)C[C@@H](CC(N)=O)O1.O=Cc1ccc(F)c(-c2c(F)cccc2F)n1. The molecule has 1 aliphatic rings. The van der Waals surface area contributed by atoms with Gasteiger partial charge in [-0.1, -0.05) is 6.07 Å². The zero-order valence-corrected chi connectivity index (χ0v) is 19.3. The number of aliphatic hydroxyl groups is 1. The Balaban J connectivity index is 0.000000202. The van der Waals surface area contributed by atoms with E-state index in [9.17, 15) is 27.9 Å². The van der Waals surface area contributed by atoms with Crippen LogP contribution in [-0.4, -0.2) is 46.5 Å².